The number of guanidine groups is 1. The van der Waals surface area contributed by atoms with E-state index < -0.39 is 35.3 Å². The molecule has 0 unspecified atom stereocenters. The molecule has 3 N–H and O–H groups in total. The summed E-state index contributed by atoms with van der Waals surface area (Å²) in [5.74, 6) is -0.656. The van der Waals surface area contributed by atoms with Gasteiger partial charge in [0.25, 0.3) is 0 Å². The number of benzene rings is 2. The number of rotatable bonds is 5. The van der Waals surface area contributed by atoms with Gasteiger partial charge in [0.05, 0.1) is 11.1 Å². The number of nitrogens with two attached hydrogens (primary N) is 1. The minimum Gasteiger partial charge on any atom is -0.488 e. The fourth-order valence-corrected chi connectivity index (χ4v) is 3.81. The lowest BCUT2D eigenvalue weighted by Crippen LogP contribution is -2.36. The lowest BCUT2D eigenvalue weighted by Gasteiger charge is -2.21. The molecule has 36 heavy (non-hydrogen) atoms. The summed E-state index contributed by atoms with van der Waals surface area (Å²) in [6.45, 7) is 0.0970. The Balaban J connectivity index is 1.55. The van der Waals surface area contributed by atoms with Crippen molar-refractivity contribution in [2.24, 2.45) is 10.9 Å². The lowest BCUT2D eigenvalue weighted by atomic mass is 10.1. The molecule has 2 aromatic carbocycles. The molecule has 0 radical (unpaired) electrons. The number of alkyl halides is 6. The van der Waals surface area contributed by atoms with Crippen LogP contribution in [0.3, 0.4) is 0 Å². The van der Waals surface area contributed by atoms with E-state index in [1.165, 1.54) is 11.0 Å². The second kappa shape index (κ2) is 9.59. The predicted molar refractivity (Wildman–Crippen MR) is 113 cm³/mol. The van der Waals surface area contributed by atoms with E-state index >= 15 is 0 Å². The highest BCUT2D eigenvalue weighted by Crippen LogP contribution is 2.39. The highest BCUT2D eigenvalue weighted by Gasteiger charge is 2.36. The van der Waals surface area contributed by atoms with Crippen LogP contribution in [0.25, 0.3) is 11.4 Å². The summed E-state index contributed by atoms with van der Waals surface area (Å²) >= 11 is 0. The largest absolute Gasteiger partial charge is 0.488 e. The van der Waals surface area contributed by atoms with E-state index in [2.05, 4.69) is 15.3 Å². The molecule has 1 atom stereocenters. The van der Waals surface area contributed by atoms with Gasteiger partial charge >= 0.3 is 12.4 Å². The first-order valence-electron chi connectivity index (χ1n) is 10.6. The topological polar surface area (TPSA) is 110 Å². The van der Waals surface area contributed by atoms with Gasteiger partial charge in [0.2, 0.25) is 17.7 Å². The number of hydrogen-bond donors (Lipinski definition) is 2. The van der Waals surface area contributed by atoms with E-state index in [9.17, 15) is 26.3 Å². The van der Waals surface area contributed by atoms with Crippen LogP contribution < -0.4 is 10.5 Å². The number of halogens is 6. The molecule has 1 aliphatic heterocycles. The van der Waals surface area contributed by atoms with Crippen molar-refractivity contribution in [1.29, 1.82) is 0 Å². The van der Waals surface area contributed by atoms with Crippen LogP contribution in [0.4, 0.5) is 26.3 Å². The van der Waals surface area contributed by atoms with Crippen molar-refractivity contribution in [3.63, 3.8) is 0 Å². The maximum Gasteiger partial charge on any atom is 0.419 e. The number of oxime groups is 1. The minimum absolute atomic E-state index is 0.00699. The van der Waals surface area contributed by atoms with Crippen molar-refractivity contribution in [2.75, 3.05) is 6.54 Å². The van der Waals surface area contributed by atoms with Gasteiger partial charge in [-0.15, -0.1) is 0 Å². The molecule has 1 aromatic heterocycles. The number of ether oxygens (including phenoxy) is 1. The molecule has 1 saturated heterocycles. The van der Waals surface area contributed by atoms with Gasteiger partial charge in [0.15, 0.2) is 0 Å². The fraction of sp³-hybridized carbons (Fsp3) is 0.318. The third kappa shape index (κ3) is 5.31. The summed E-state index contributed by atoms with van der Waals surface area (Å²) in [5.41, 5.74) is 3.93. The highest BCUT2D eigenvalue weighted by atomic mass is 19.4. The molecular formula is C22H19F6N5O3. The summed E-state index contributed by atoms with van der Waals surface area (Å²) in [6, 6.07) is 6.61. The smallest absolute Gasteiger partial charge is 0.419 e. The van der Waals surface area contributed by atoms with Crippen molar-refractivity contribution in [3.8, 4) is 17.1 Å². The molecule has 0 amide bonds. The Morgan fingerprint density at radius 3 is 2.47 bits per heavy atom. The Morgan fingerprint density at radius 1 is 1.11 bits per heavy atom. The highest BCUT2D eigenvalue weighted by molar-refractivity contribution is 5.78. The Kier molecular flexibility index (Phi) is 6.69. The third-order valence-electron chi connectivity index (χ3n) is 5.60. The first-order valence-corrected chi connectivity index (χ1v) is 10.6. The molecule has 192 valence electrons. The Morgan fingerprint density at radius 2 is 1.83 bits per heavy atom. The monoisotopic (exact) mass is 515 g/mol. The number of aromatic nitrogens is 2. The molecule has 8 nitrogen and oxygen atoms in total. The SMILES string of the molecule is N/C(=N\O)N1CCC[C@H]1c1nc(-c2ccc(OCc3ccc(C(F)(F)F)cc3)c(C(F)(F)F)c2)no1. The van der Waals surface area contributed by atoms with Gasteiger partial charge in [-0.1, -0.05) is 22.4 Å². The van der Waals surface area contributed by atoms with Crippen molar-refractivity contribution < 1.29 is 40.8 Å². The third-order valence-corrected chi connectivity index (χ3v) is 5.60. The standard InChI is InChI=1S/C22H19F6N5O3/c23-21(24,25)14-6-3-12(4-7-14)11-35-17-8-5-13(10-15(17)22(26,27)28)18-30-19(36-32-18)16-2-1-9-33(16)20(29)31-34/h3-8,10,16,34H,1-2,9,11H2,(H2,29,31)/t16-/m0/s1. The summed E-state index contributed by atoms with van der Waals surface area (Å²) in [7, 11) is 0. The van der Waals surface area contributed by atoms with Crippen LogP contribution >= 0.6 is 0 Å². The molecule has 0 bridgehead atoms. The second-order valence-electron chi connectivity index (χ2n) is 7.96. The number of likely N-dealkylation sites (tertiary alicyclic amines) is 1. The van der Waals surface area contributed by atoms with Crippen LogP contribution in [-0.4, -0.2) is 32.8 Å². The van der Waals surface area contributed by atoms with Crippen LogP contribution in [-0.2, 0) is 19.0 Å². The summed E-state index contributed by atoms with van der Waals surface area (Å²) in [6.07, 6.45) is -8.07. The quantitative estimate of drug-likeness (QED) is 0.158. The van der Waals surface area contributed by atoms with Gasteiger partial charge in [0.1, 0.15) is 18.4 Å². The van der Waals surface area contributed by atoms with Crippen LogP contribution in [0.1, 0.15) is 41.5 Å². The average Bonchev–Trinajstić information content (AvgIpc) is 3.51. The molecular weight excluding hydrogens is 496 g/mol. The Bertz CT molecular complexity index is 1240. The van der Waals surface area contributed by atoms with Gasteiger partial charge < -0.3 is 25.1 Å². The molecule has 1 aliphatic rings. The van der Waals surface area contributed by atoms with E-state index in [1.54, 1.807) is 0 Å². The average molecular weight is 515 g/mol. The van der Waals surface area contributed by atoms with E-state index in [0.717, 1.165) is 36.4 Å². The van der Waals surface area contributed by atoms with Crippen LogP contribution in [0.2, 0.25) is 0 Å². The van der Waals surface area contributed by atoms with E-state index in [4.69, 9.17) is 20.2 Å². The molecule has 2 heterocycles. The zero-order valence-corrected chi connectivity index (χ0v) is 18.3. The minimum atomic E-state index is -4.80. The number of nitrogens with zero attached hydrogens (tertiary/aromatic N) is 4. The first kappa shape index (κ1) is 25.1. The van der Waals surface area contributed by atoms with Gasteiger partial charge in [-0.25, -0.2) is 0 Å². The normalized spacial score (nSPS) is 17.0. The number of hydrogen-bond acceptors (Lipinski definition) is 6. The van der Waals surface area contributed by atoms with Crippen LogP contribution in [0.5, 0.6) is 5.75 Å². The molecule has 0 aliphatic carbocycles. The van der Waals surface area contributed by atoms with Gasteiger partial charge in [-0.05, 0) is 48.7 Å². The molecule has 0 spiro atoms. The molecule has 0 saturated carbocycles. The zero-order chi connectivity index (χ0) is 26.1. The zero-order valence-electron chi connectivity index (χ0n) is 18.3. The summed E-state index contributed by atoms with van der Waals surface area (Å²) in [5, 5.41) is 15.7. The summed E-state index contributed by atoms with van der Waals surface area (Å²) < 4.78 is 89.9. The van der Waals surface area contributed by atoms with Crippen LogP contribution in [0.15, 0.2) is 52.1 Å². The fourth-order valence-electron chi connectivity index (χ4n) is 3.81. The Labute approximate surface area is 199 Å². The Hall–Kier alpha value is -3.97. The maximum atomic E-state index is 13.8. The van der Waals surface area contributed by atoms with Crippen molar-refractivity contribution in [3.05, 3.63) is 65.0 Å². The van der Waals surface area contributed by atoms with Gasteiger partial charge in [-0.3, -0.25) is 0 Å². The van der Waals surface area contributed by atoms with E-state index in [0.29, 0.717) is 19.4 Å². The molecule has 1 fully saturated rings. The van der Waals surface area contributed by atoms with Crippen LogP contribution in [0, 0.1) is 0 Å². The lowest BCUT2D eigenvalue weighted by molar-refractivity contribution is -0.139. The van der Waals surface area contributed by atoms with E-state index in [-0.39, 0.29) is 35.4 Å². The van der Waals surface area contributed by atoms with Gasteiger partial charge in [-0.2, -0.15) is 31.3 Å². The molecule has 3 aromatic rings. The molecule has 4 rings (SSSR count). The van der Waals surface area contributed by atoms with Gasteiger partial charge in [0, 0.05) is 12.1 Å². The van der Waals surface area contributed by atoms with E-state index in [1.807, 2.05) is 0 Å². The summed E-state index contributed by atoms with van der Waals surface area (Å²) in [4.78, 5) is 5.73. The predicted octanol–water partition coefficient (Wildman–Crippen LogP) is 5.19. The van der Waals surface area contributed by atoms with Crippen molar-refractivity contribution >= 4 is 5.96 Å². The molecule has 14 heteroatoms. The van der Waals surface area contributed by atoms with Crippen molar-refractivity contribution in [1.82, 2.24) is 15.0 Å². The maximum absolute atomic E-state index is 13.8. The first-order chi connectivity index (χ1) is 17.0. The second-order valence-corrected chi connectivity index (χ2v) is 7.96. The van der Waals surface area contributed by atoms with Crippen molar-refractivity contribution in [2.45, 2.75) is 37.8 Å².